The number of para-hydroxylation sites is 1. The summed E-state index contributed by atoms with van der Waals surface area (Å²) in [5, 5.41) is 4.79. The molecule has 7 nitrogen and oxygen atoms in total. The van der Waals surface area contributed by atoms with Crippen molar-refractivity contribution in [2.45, 2.75) is 0 Å². The van der Waals surface area contributed by atoms with Crippen molar-refractivity contribution in [1.82, 2.24) is 0 Å². The Morgan fingerprint density at radius 3 is 2.57 bits per heavy atom. The van der Waals surface area contributed by atoms with Gasteiger partial charge in [-0.2, -0.15) is 0 Å². The number of ether oxygens (including phenoxy) is 2. The zero-order chi connectivity index (χ0) is 20.7. The number of fused-ring (bicyclic) bond motifs is 3. The molecule has 0 bridgehead atoms. The number of rotatable bonds is 4. The number of amides is 2. The van der Waals surface area contributed by atoms with Crippen LogP contribution in [0.15, 0.2) is 65.1 Å². The van der Waals surface area contributed by atoms with Crippen LogP contribution in [0.1, 0.15) is 10.4 Å². The SMILES string of the molecule is COc1cc2c(cc1NC(=O)c1ccc(N3CCOC3=O)cc1)oc1ccccc12. The standard InChI is InChI=1S/C23H18N2O5/c1-28-21-12-17-16-4-2-3-5-19(16)30-20(17)13-18(21)24-22(26)14-6-8-15(9-7-14)25-10-11-29-23(25)27/h2-9,12-13H,10-11H2,1H3,(H,24,26). The predicted molar refractivity (Wildman–Crippen MR) is 113 cm³/mol. The van der Waals surface area contributed by atoms with E-state index in [1.54, 1.807) is 37.4 Å². The topological polar surface area (TPSA) is 81.0 Å². The molecule has 1 N–H and O–H groups in total. The third kappa shape index (κ3) is 3.00. The molecule has 0 radical (unpaired) electrons. The Morgan fingerprint density at radius 2 is 1.83 bits per heavy atom. The number of carbonyl (C=O) groups is 2. The molecular formula is C23H18N2O5. The summed E-state index contributed by atoms with van der Waals surface area (Å²) in [6.07, 6.45) is -0.379. The number of methoxy groups -OCH3 is 1. The Hall–Kier alpha value is -4.00. The van der Waals surface area contributed by atoms with Gasteiger partial charge in [0, 0.05) is 28.1 Å². The fourth-order valence-electron chi connectivity index (χ4n) is 3.63. The van der Waals surface area contributed by atoms with Gasteiger partial charge in [-0.1, -0.05) is 18.2 Å². The Kier molecular flexibility index (Phi) is 4.28. The van der Waals surface area contributed by atoms with Crippen LogP contribution < -0.4 is 15.0 Å². The van der Waals surface area contributed by atoms with Crippen LogP contribution in [0.25, 0.3) is 21.9 Å². The molecule has 2 heterocycles. The Morgan fingerprint density at radius 1 is 1.03 bits per heavy atom. The third-order valence-electron chi connectivity index (χ3n) is 5.15. The van der Waals surface area contributed by atoms with Gasteiger partial charge in [0.15, 0.2) is 0 Å². The molecule has 3 aromatic carbocycles. The quantitative estimate of drug-likeness (QED) is 0.530. The minimum atomic E-state index is -0.379. The lowest BCUT2D eigenvalue weighted by Crippen LogP contribution is -2.23. The highest BCUT2D eigenvalue weighted by atomic mass is 16.6. The zero-order valence-corrected chi connectivity index (χ0v) is 16.2. The number of nitrogens with one attached hydrogen (secondary N) is 1. The highest BCUT2D eigenvalue weighted by molar-refractivity contribution is 6.10. The van der Waals surface area contributed by atoms with Gasteiger partial charge in [0.25, 0.3) is 5.91 Å². The van der Waals surface area contributed by atoms with Gasteiger partial charge in [0.2, 0.25) is 0 Å². The molecule has 0 atom stereocenters. The molecule has 1 aromatic heterocycles. The normalized spacial score (nSPS) is 13.6. The minimum Gasteiger partial charge on any atom is -0.495 e. The van der Waals surface area contributed by atoms with Crippen LogP contribution in [0.5, 0.6) is 5.75 Å². The van der Waals surface area contributed by atoms with Gasteiger partial charge in [-0.15, -0.1) is 0 Å². The summed E-state index contributed by atoms with van der Waals surface area (Å²) in [5.74, 6) is 0.248. The number of hydrogen-bond acceptors (Lipinski definition) is 5. The average molecular weight is 402 g/mol. The highest BCUT2D eigenvalue weighted by Crippen LogP contribution is 2.36. The lowest BCUT2D eigenvalue weighted by atomic mass is 10.1. The number of benzene rings is 3. The lowest BCUT2D eigenvalue weighted by molar-refractivity contribution is 0.102. The first-order valence-electron chi connectivity index (χ1n) is 9.49. The summed E-state index contributed by atoms with van der Waals surface area (Å²) >= 11 is 0. The van der Waals surface area contributed by atoms with E-state index in [1.165, 1.54) is 4.90 Å². The maximum Gasteiger partial charge on any atom is 0.414 e. The van der Waals surface area contributed by atoms with Gasteiger partial charge in [-0.05, 0) is 36.4 Å². The number of hydrogen-bond donors (Lipinski definition) is 1. The van der Waals surface area contributed by atoms with Gasteiger partial charge in [0.1, 0.15) is 23.5 Å². The number of cyclic esters (lactones) is 1. The smallest absolute Gasteiger partial charge is 0.414 e. The lowest BCUT2D eigenvalue weighted by Gasteiger charge is -2.13. The van der Waals surface area contributed by atoms with Crippen molar-refractivity contribution in [2.75, 3.05) is 30.5 Å². The van der Waals surface area contributed by atoms with Crippen LogP contribution in [-0.2, 0) is 4.74 Å². The van der Waals surface area contributed by atoms with Crippen molar-refractivity contribution in [3.63, 3.8) is 0 Å². The van der Waals surface area contributed by atoms with E-state index in [1.807, 2.05) is 30.3 Å². The van der Waals surface area contributed by atoms with Gasteiger partial charge in [-0.25, -0.2) is 4.79 Å². The zero-order valence-electron chi connectivity index (χ0n) is 16.2. The van der Waals surface area contributed by atoms with Crippen LogP contribution in [0.3, 0.4) is 0 Å². The second-order valence-electron chi connectivity index (χ2n) is 6.91. The van der Waals surface area contributed by atoms with Crippen LogP contribution in [0.4, 0.5) is 16.2 Å². The van der Waals surface area contributed by atoms with Crippen LogP contribution >= 0.6 is 0 Å². The fraction of sp³-hybridized carbons (Fsp3) is 0.130. The van der Waals surface area contributed by atoms with Crippen molar-refractivity contribution < 1.29 is 23.5 Å². The first-order chi connectivity index (χ1) is 14.6. The molecule has 1 saturated heterocycles. The molecule has 1 fully saturated rings. The van der Waals surface area contributed by atoms with E-state index in [0.717, 1.165) is 16.4 Å². The van der Waals surface area contributed by atoms with Gasteiger partial charge < -0.3 is 19.2 Å². The van der Waals surface area contributed by atoms with E-state index in [-0.39, 0.29) is 12.0 Å². The van der Waals surface area contributed by atoms with Crippen molar-refractivity contribution in [3.8, 4) is 5.75 Å². The van der Waals surface area contributed by atoms with Crippen molar-refractivity contribution in [3.05, 3.63) is 66.2 Å². The monoisotopic (exact) mass is 402 g/mol. The summed E-state index contributed by atoms with van der Waals surface area (Å²) in [4.78, 5) is 26.0. The van der Waals surface area contributed by atoms with Crippen LogP contribution in [-0.4, -0.2) is 32.3 Å². The second kappa shape index (κ2) is 7.11. The van der Waals surface area contributed by atoms with Crippen LogP contribution in [0, 0.1) is 0 Å². The summed E-state index contributed by atoms with van der Waals surface area (Å²) in [7, 11) is 1.56. The molecule has 0 saturated carbocycles. The van der Waals surface area contributed by atoms with Crippen molar-refractivity contribution >= 4 is 45.3 Å². The maximum atomic E-state index is 12.8. The average Bonchev–Trinajstić information content (AvgIpc) is 3.36. The summed E-state index contributed by atoms with van der Waals surface area (Å²) in [6, 6.07) is 18.2. The molecule has 4 aromatic rings. The first kappa shape index (κ1) is 18.1. The maximum absolute atomic E-state index is 12.8. The molecule has 0 aliphatic carbocycles. The molecule has 30 heavy (non-hydrogen) atoms. The van der Waals surface area contributed by atoms with Crippen LogP contribution in [0.2, 0.25) is 0 Å². The van der Waals surface area contributed by atoms with Crippen molar-refractivity contribution in [2.24, 2.45) is 0 Å². The molecule has 7 heteroatoms. The van der Waals surface area contributed by atoms with E-state index in [2.05, 4.69) is 5.32 Å². The molecular weight excluding hydrogens is 384 g/mol. The third-order valence-corrected chi connectivity index (χ3v) is 5.15. The Bertz CT molecular complexity index is 1280. The molecule has 1 aliphatic rings. The molecule has 0 spiro atoms. The summed E-state index contributed by atoms with van der Waals surface area (Å²) in [6.45, 7) is 0.865. The second-order valence-corrected chi connectivity index (χ2v) is 6.91. The van der Waals surface area contributed by atoms with E-state index >= 15 is 0 Å². The van der Waals surface area contributed by atoms with Gasteiger partial charge in [0.05, 0.1) is 19.3 Å². The van der Waals surface area contributed by atoms with Gasteiger partial charge in [-0.3, -0.25) is 9.69 Å². The number of anilines is 2. The van der Waals surface area contributed by atoms with E-state index < -0.39 is 0 Å². The molecule has 0 unspecified atom stereocenters. The molecule has 2 amide bonds. The highest BCUT2D eigenvalue weighted by Gasteiger charge is 2.23. The molecule has 1 aliphatic heterocycles. The Balaban J connectivity index is 1.43. The minimum absolute atomic E-state index is 0.292. The molecule has 150 valence electrons. The first-order valence-corrected chi connectivity index (χ1v) is 9.49. The summed E-state index contributed by atoms with van der Waals surface area (Å²) < 4.78 is 16.3. The fourth-order valence-corrected chi connectivity index (χ4v) is 3.63. The van der Waals surface area contributed by atoms with E-state index in [0.29, 0.717) is 41.4 Å². The number of nitrogens with zero attached hydrogens (tertiary/aromatic N) is 1. The summed E-state index contributed by atoms with van der Waals surface area (Å²) in [5.41, 5.74) is 3.10. The number of furan rings is 1. The predicted octanol–water partition coefficient (Wildman–Crippen LogP) is 4.80. The largest absolute Gasteiger partial charge is 0.495 e. The molecule has 5 rings (SSSR count). The van der Waals surface area contributed by atoms with Crippen molar-refractivity contribution in [1.29, 1.82) is 0 Å². The van der Waals surface area contributed by atoms with E-state index in [9.17, 15) is 9.59 Å². The van der Waals surface area contributed by atoms with E-state index in [4.69, 9.17) is 13.9 Å². The van der Waals surface area contributed by atoms with Gasteiger partial charge >= 0.3 is 6.09 Å². The number of carbonyl (C=O) groups excluding carboxylic acids is 2. The Labute approximate surface area is 171 Å².